The first-order valence-electron chi connectivity index (χ1n) is 4.64. The number of halogens is 1. The van der Waals surface area contributed by atoms with Crippen molar-refractivity contribution >= 4 is 29.0 Å². The molecule has 2 heterocycles. The van der Waals surface area contributed by atoms with Crippen LogP contribution in [-0.4, -0.2) is 29.5 Å². The lowest BCUT2D eigenvalue weighted by molar-refractivity contribution is -0.118. The number of carbonyl (C=O) groups is 1. The largest absolute Gasteiger partial charge is 0.368 e. The van der Waals surface area contributed by atoms with Gasteiger partial charge in [-0.1, -0.05) is 11.6 Å². The molecule has 0 unspecified atom stereocenters. The van der Waals surface area contributed by atoms with Crippen molar-refractivity contribution in [1.29, 1.82) is 0 Å². The summed E-state index contributed by atoms with van der Waals surface area (Å²) in [5.41, 5.74) is 0.560. The van der Waals surface area contributed by atoms with Gasteiger partial charge in [-0.15, -0.1) is 0 Å². The van der Waals surface area contributed by atoms with E-state index in [4.69, 9.17) is 11.6 Å². The third-order valence-corrected chi connectivity index (χ3v) is 2.56. The number of anilines is 2. The van der Waals surface area contributed by atoms with Gasteiger partial charge in [0.1, 0.15) is 11.5 Å². The smallest absolute Gasteiger partial charge is 0.228 e. The normalized spacial score (nSPS) is 15.7. The molecule has 1 aliphatic heterocycles. The summed E-state index contributed by atoms with van der Waals surface area (Å²) in [5, 5.41) is 3.38. The summed E-state index contributed by atoms with van der Waals surface area (Å²) in [5.74, 6) is 1.23. The highest BCUT2D eigenvalue weighted by molar-refractivity contribution is 6.33. The Bertz CT molecular complexity index is 421. The van der Waals surface area contributed by atoms with Crippen LogP contribution in [0.4, 0.5) is 11.5 Å². The molecule has 0 saturated heterocycles. The highest BCUT2D eigenvalue weighted by Crippen LogP contribution is 2.32. The molecule has 2 rings (SSSR count). The zero-order valence-corrected chi connectivity index (χ0v) is 9.30. The molecule has 0 fully saturated rings. The number of amides is 1. The monoisotopic (exact) mass is 226 g/mol. The zero-order valence-electron chi connectivity index (χ0n) is 8.54. The topological polar surface area (TPSA) is 58.1 Å². The molecule has 0 atom stereocenters. The molecule has 1 amide bonds. The van der Waals surface area contributed by atoms with Crippen LogP contribution in [0, 0.1) is 6.92 Å². The summed E-state index contributed by atoms with van der Waals surface area (Å²) in [4.78, 5) is 21.3. The van der Waals surface area contributed by atoms with E-state index in [-0.39, 0.29) is 5.91 Å². The van der Waals surface area contributed by atoms with Crippen LogP contribution in [0.1, 0.15) is 12.2 Å². The van der Waals surface area contributed by atoms with Crippen LogP contribution in [0.5, 0.6) is 0 Å². The average Bonchev–Trinajstić information content (AvgIpc) is 2.27. The average molecular weight is 227 g/mol. The molecule has 0 radical (unpaired) electrons. The van der Waals surface area contributed by atoms with Crippen LogP contribution in [0.15, 0.2) is 0 Å². The molecule has 1 aromatic rings. The summed E-state index contributed by atoms with van der Waals surface area (Å²) in [6.07, 6.45) is 0.433. The van der Waals surface area contributed by atoms with Crippen LogP contribution in [0.2, 0.25) is 5.15 Å². The van der Waals surface area contributed by atoms with Gasteiger partial charge in [0.25, 0.3) is 0 Å². The number of carbonyl (C=O) groups excluding carboxylic acids is 1. The van der Waals surface area contributed by atoms with Gasteiger partial charge < -0.3 is 10.2 Å². The first-order valence-corrected chi connectivity index (χ1v) is 5.02. The molecule has 6 heteroatoms. The Kier molecular flexibility index (Phi) is 2.48. The lowest BCUT2D eigenvalue weighted by atomic mass is 10.4. The summed E-state index contributed by atoms with van der Waals surface area (Å²) in [6.45, 7) is 2.34. The third kappa shape index (κ3) is 1.74. The summed E-state index contributed by atoms with van der Waals surface area (Å²) in [7, 11) is 1.68. The minimum Gasteiger partial charge on any atom is -0.368 e. The SMILES string of the molecule is Cc1nc(Cl)c2c(n1)NCCC(=O)N2C. The number of fused-ring (bicyclic) bond motifs is 1. The van der Waals surface area contributed by atoms with Crippen LogP contribution < -0.4 is 10.2 Å². The molecule has 0 spiro atoms. The molecule has 80 valence electrons. The molecular formula is C9H11ClN4O. The summed E-state index contributed by atoms with van der Waals surface area (Å²) in [6, 6.07) is 0. The molecule has 0 bridgehead atoms. The van der Waals surface area contributed by atoms with Gasteiger partial charge in [-0.2, -0.15) is 0 Å². The van der Waals surface area contributed by atoms with Gasteiger partial charge in [-0.05, 0) is 6.92 Å². The van der Waals surface area contributed by atoms with Gasteiger partial charge in [0, 0.05) is 20.0 Å². The third-order valence-electron chi connectivity index (χ3n) is 2.29. The van der Waals surface area contributed by atoms with E-state index < -0.39 is 0 Å². The van der Waals surface area contributed by atoms with Crippen molar-refractivity contribution < 1.29 is 4.79 Å². The van der Waals surface area contributed by atoms with E-state index in [1.165, 1.54) is 4.90 Å². The van der Waals surface area contributed by atoms with Crippen LogP contribution in [-0.2, 0) is 4.79 Å². The molecule has 0 aliphatic carbocycles. The first kappa shape index (κ1) is 10.2. The second-order valence-corrected chi connectivity index (χ2v) is 3.75. The summed E-state index contributed by atoms with van der Waals surface area (Å²) >= 11 is 6.00. The maximum absolute atomic E-state index is 11.6. The number of hydrogen-bond donors (Lipinski definition) is 1. The molecule has 5 nitrogen and oxygen atoms in total. The Labute approximate surface area is 92.5 Å². The number of aromatic nitrogens is 2. The maximum Gasteiger partial charge on any atom is 0.228 e. The fourth-order valence-electron chi connectivity index (χ4n) is 1.53. The minimum absolute atomic E-state index is 0.00982. The van der Waals surface area contributed by atoms with Crippen molar-refractivity contribution in [1.82, 2.24) is 9.97 Å². The van der Waals surface area contributed by atoms with E-state index in [9.17, 15) is 4.79 Å². The van der Waals surface area contributed by atoms with Crippen molar-refractivity contribution in [2.75, 3.05) is 23.8 Å². The fourth-order valence-corrected chi connectivity index (χ4v) is 1.87. The van der Waals surface area contributed by atoms with Crippen molar-refractivity contribution in [3.63, 3.8) is 0 Å². The van der Waals surface area contributed by atoms with Crippen molar-refractivity contribution in [3.05, 3.63) is 11.0 Å². The number of nitrogens with zero attached hydrogens (tertiary/aromatic N) is 3. The van der Waals surface area contributed by atoms with Crippen molar-refractivity contribution in [2.45, 2.75) is 13.3 Å². The van der Waals surface area contributed by atoms with Crippen LogP contribution in [0.25, 0.3) is 0 Å². The Morgan fingerprint density at radius 1 is 1.47 bits per heavy atom. The Balaban J connectivity index is 2.58. The second-order valence-electron chi connectivity index (χ2n) is 3.39. The molecule has 1 N–H and O–H groups in total. The Morgan fingerprint density at radius 2 is 2.20 bits per heavy atom. The standard InChI is InChI=1S/C9H11ClN4O/c1-5-12-8(10)7-9(13-5)11-4-3-6(15)14(7)2/h3-4H2,1-2H3,(H,11,12,13). The number of rotatable bonds is 0. The predicted octanol–water partition coefficient (Wildman–Crippen LogP) is 1.22. The van der Waals surface area contributed by atoms with Crippen LogP contribution >= 0.6 is 11.6 Å². The van der Waals surface area contributed by atoms with Crippen molar-refractivity contribution in [3.8, 4) is 0 Å². The molecule has 15 heavy (non-hydrogen) atoms. The van der Waals surface area contributed by atoms with Gasteiger partial charge >= 0.3 is 0 Å². The van der Waals surface area contributed by atoms with E-state index in [0.717, 1.165) is 0 Å². The number of nitrogens with one attached hydrogen (secondary N) is 1. The van der Waals surface area contributed by atoms with E-state index in [1.54, 1.807) is 14.0 Å². The highest BCUT2D eigenvalue weighted by atomic mass is 35.5. The molecule has 1 aliphatic rings. The first-order chi connectivity index (χ1) is 7.09. The van der Waals surface area contributed by atoms with E-state index >= 15 is 0 Å². The van der Waals surface area contributed by atoms with Gasteiger partial charge in [-0.3, -0.25) is 4.79 Å². The fraction of sp³-hybridized carbons (Fsp3) is 0.444. The quantitative estimate of drug-likeness (QED) is 0.676. The highest BCUT2D eigenvalue weighted by Gasteiger charge is 2.23. The van der Waals surface area contributed by atoms with Gasteiger partial charge in [0.05, 0.1) is 0 Å². The predicted molar refractivity (Wildman–Crippen MR) is 58.3 cm³/mol. The van der Waals surface area contributed by atoms with Gasteiger partial charge in [-0.25, -0.2) is 9.97 Å². The van der Waals surface area contributed by atoms with Crippen LogP contribution in [0.3, 0.4) is 0 Å². The van der Waals surface area contributed by atoms with E-state index in [0.29, 0.717) is 35.4 Å². The minimum atomic E-state index is 0.00982. The Hall–Kier alpha value is -1.36. The number of aryl methyl sites for hydroxylation is 1. The number of hydrogen-bond acceptors (Lipinski definition) is 4. The van der Waals surface area contributed by atoms with E-state index in [1.807, 2.05) is 0 Å². The van der Waals surface area contributed by atoms with E-state index in [2.05, 4.69) is 15.3 Å². The molecule has 1 aromatic heterocycles. The van der Waals surface area contributed by atoms with Crippen molar-refractivity contribution in [2.24, 2.45) is 0 Å². The lowest BCUT2D eigenvalue weighted by Gasteiger charge is -2.17. The molecular weight excluding hydrogens is 216 g/mol. The second kappa shape index (κ2) is 3.66. The summed E-state index contributed by atoms with van der Waals surface area (Å²) < 4.78 is 0. The maximum atomic E-state index is 11.6. The molecule has 0 aromatic carbocycles. The molecule has 0 saturated carbocycles. The Morgan fingerprint density at radius 3 is 2.93 bits per heavy atom. The zero-order chi connectivity index (χ0) is 11.0. The van der Waals surface area contributed by atoms with Gasteiger partial charge in [0.2, 0.25) is 5.91 Å². The van der Waals surface area contributed by atoms with Gasteiger partial charge in [0.15, 0.2) is 11.0 Å². The lowest BCUT2D eigenvalue weighted by Crippen LogP contribution is -2.25.